The average Bonchev–Trinajstić information content (AvgIpc) is 2.48. The maximum absolute atomic E-state index is 11.3. The second-order valence-electron chi connectivity index (χ2n) is 5.30. The lowest BCUT2D eigenvalue weighted by Gasteiger charge is -2.34. The Balaban J connectivity index is 1.73. The summed E-state index contributed by atoms with van der Waals surface area (Å²) in [6.45, 7) is 6.14. The van der Waals surface area contributed by atoms with E-state index in [-0.39, 0.29) is 5.91 Å². The first-order valence-electron chi connectivity index (χ1n) is 7.03. The van der Waals surface area contributed by atoms with E-state index in [1.54, 1.807) is 6.92 Å². The quantitative estimate of drug-likeness (QED) is 0.835. The monoisotopic (exact) mass is 269 g/mol. The number of hydrogen-bond acceptors (Lipinski definition) is 3. The Morgan fingerprint density at radius 3 is 2.75 bits per heavy atom. The minimum Gasteiger partial charge on any atom is -0.340 e. The van der Waals surface area contributed by atoms with Gasteiger partial charge in [-0.15, -0.1) is 0 Å². The molecule has 0 N–H and O–H groups in total. The minimum absolute atomic E-state index is 0.181. The van der Waals surface area contributed by atoms with Gasteiger partial charge in [0.2, 0.25) is 5.91 Å². The molecule has 4 nitrogen and oxygen atoms in total. The maximum atomic E-state index is 11.3. The molecule has 1 fully saturated rings. The van der Waals surface area contributed by atoms with Gasteiger partial charge in [-0.25, -0.2) is 0 Å². The van der Waals surface area contributed by atoms with Crippen molar-refractivity contribution >= 4 is 16.7 Å². The molecule has 0 radical (unpaired) electrons. The van der Waals surface area contributed by atoms with Crippen LogP contribution in [-0.2, 0) is 11.3 Å². The molecule has 1 aliphatic heterocycles. The Bertz CT molecular complexity index is 613. The van der Waals surface area contributed by atoms with Crippen molar-refractivity contribution in [3.05, 3.63) is 42.2 Å². The highest BCUT2D eigenvalue weighted by molar-refractivity contribution is 5.84. The molecule has 1 saturated heterocycles. The number of carbonyl (C=O) groups is 1. The van der Waals surface area contributed by atoms with E-state index in [0.29, 0.717) is 0 Å². The molecular weight excluding hydrogens is 250 g/mol. The average molecular weight is 269 g/mol. The standard InChI is InChI=1S/C16H19N3O/c1-13(20)19-9-7-18(8-10-19)12-15-4-2-3-14-11-17-6-5-16(14)15/h2-6,11H,7-10,12H2,1H3. The summed E-state index contributed by atoms with van der Waals surface area (Å²) in [4.78, 5) is 19.8. The molecule has 4 heteroatoms. The van der Waals surface area contributed by atoms with Crippen molar-refractivity contribution in [1.29, 1.82) is 0 Å². The molecule has 1 aliphatic rings. The Hall–Kier alpha value is -1.94. The molecule has 2 heterocycles. The second-order valence-corrected chi connectivity index (χ2v) is 5.30. The Morgan fingerprint density at radius 2 is 2.00 bits per heavy atom. The van der Waals surface area contributed by atoms with E-state index in [4.69, 9.17) is 0 Å². The van der Waals surface area contributed by atoms with Crippen LogP contribution in [0.15, 0.2) is 36.7 Å². The van der Waals surface area contributed by atoms with Gasteiger partial charge in [0.15, 0.2) is 0 Å². The molecule has 2 aromatic rings. The normalized spacial score (nSPS) is 16.6. The van der Waals surface area contributed by atoms with Crippen LogP contribution in [0.25, 0.3) is 10.8 Å². The summed E-state index contributed by atoms with van der Waals surface area (Å²) in [5.41, 5.74) is 1.33. The van der Waals surface area contributed by atoms with Crippen molar-refractivity contribution in [1.82, 2.24) is 14.8 Å². The molecule has 0 aliphatic carbocycles. The van der Waals surface area contributed by atoms with Gasteiger partial charge in [-0.1, -0.05) is 18.2 Å². The van der Waals surface area contributed by atoms with Crippen LogP contribution in [0.1, 0.15) is 12.5 Å². The van der Waals surface area contributed by atoms with E-state index >= 15 is 0 Å². The third-order valence-corrected chi connectivity index (χ3v) is 3.98. The molecule has 104 valence electrons. The SMILES string of the molecule is CC(=O)N1CCN(Cc2cccc3cnccc23)CC1. The predicted molar refractivity (Wildman–Crippen MR) is 79.3 cm³/mol. The number of benzene rings is 1. The third-order valence-electron chi connectivity index (χ3n) is 3.98. The smallest absolute Gasteiger partial charge is 0.219 e. The van der Waals surface area contributed by atoms with Crippen LogP contribution < -0.4 is 0 Å². The summed E-state index contributed by atoms with van der Waals surface area (Å²) in [5.74, 6) is 0.181. The van der Waals surface area contributed by atoms with E-state index in [1.165, 1.54) is 16.3 Å². The van der Waals surface area contributed by atoms with Crippen LogP contribution in [0, 0.1) is 0 Å². The van der Waals surface area contributed by atoms with Crippen LogP contribution in [0.2, 0.25) is 0 Å². The largest absolute Gasteiger partial charge is 0.340 e. The van der Waals surface area contributed by atoms with Crippen molar-refractivity contribution < 1.29 is 4.79 Å². The van der Waals surface area contributed by atoms with Gasteiger partial charge in [0.1, 0.15) is 0 Å². The molecule has 3 rings (SSSR count). The molecule has 1 aromatic heterocycles. The van der Waals surface area contributed by atoms with Gasteiger partial charge < -0.3 is 4.90 Å². The highest BCUT2D eigenvalue weighted by Crippen LogP contribution is 2.19. The van der Waals surface area contributed by atoms with Gasteiger partial charge in [0.05, 0.1) is 0 Å². The first-order valence-corrected chi connectivity index (χ1v) is 7.03. The van der Waals surface area contributed by atoms with Crippen LogP contribution in [0.3, 0.4) is 0 Å². The zero-order valence-corrected chi connectivity index (χ0v) is 11.7. The fourth-order valence-corrected chi connectivity index (χ4v) is 2.79. The lowest BCUT2D eigenvalue weighted by Crippen LogP contribution is -2.47. The van der Waals surface area contributed by atoms with Crippen LogP contribution >= 0.6 is 0 Å². The number of nitrogens with zero attached hydrogens (tertiary/aromatic N) is 3. The van der Waals surface area contributed by atoms with E-state index in [2.05, 4.69) is 34.1 Å². The number of pyridine rings is 1. The topological polar surface area (TPSA) is 36.4 Å². The second kappa shape index (κ2) is 5.59. The Labute approximate surface area is 119 Å². The zero-order chi connectivity index (χ0) is 13.9. The van der Waals surface area contributed by atoms with Crippen LogP contribution in [0.5, 0.6) is 0 Å². The summed E-state index contributed by atoms with van der Waals surface area (Å²) >= 11 is 0. The van der Waals surface area contributed by atoms with E-state index in [1.807, 2.05) is 17.3 Å². The molecule has 0 atom stereocenters. The van der Waals surface area contributed by atoms with Crippen molar-refractivity contribution in [2.45, 2.75) is 13.5 Å². The predicted octanol–water partition coefficient (Wildman–Crippen LogP) is 1.90. The van der Waals surface area contributed by atoms with E-state index in [9.17, 15) is 4.79 Å². The molecule has 1 aromatic carbocycles. The molecular formula is C16H19N3O. The fourth-order valence-electron chi connectivity index (χ4n) is 2.79. The number of amides is 1. The molecule has 0 saturated carbocycles. The number of fused-ring (bicyclic) bond motifs is 1. The molecule has 1 amide bonds. The molecule has 0 bridgehead atoms. The molecule has 0 unspecified atom stereocenters. The van der Waals surface area contributed by atoms with Crippen molar-refractivity contribution in [2.75, 3.05) is 26.2 Å². The van der Waals surface area contributed by atoms with Crippen molar-refractivity contribution in [3.8, 4) is 0 Å². The summed E-state index contributed by atoms with van der Waals surface area (Å²) in [5, 5.41) is 2.46. The lowest BCUT2D eigenvalue weighted by molar-refractivity contribution is -0.130. The fraction of sp³-hybridized carbons (Fsp3) is 0.375. The molecule has 20 heavy (non-hydrogen) atoms. The summed E-state index contributed by atoms with van der Waals surface area (Å²) < 4.78 is 0. The number of piperazine rings is 1. The summed E-state index contributed by atoms with van der Waals surface area (Å²) in [6.07, 6.45) is 3.76. The summed E-state index contributed by atoms with van der Waals surface area (Å²) in [6, 6.07) is 8.45. The highest BCUT2D eigenvalue weighted by atomic mass is 16.2. The van der Waals surface area contributed by atoms with Gasteiger partial charge in [0.25, 0.3) is 0 Å². The highest BCUT2D eigenvalue weighted by Gasteiger charge is 2.18. The zero-order valence-electron chi connectivity index (χ0n) is 11.7. The van der Waals surface area contributed by atoms with Gasteiger partial charge in [-0.3, -0.25) is 14.7 Å². The van der Waals surface area contributed by atoms with Crippen molar-refractivity contribution in [3.63, 3.8) is 0 Å². The summed E-state index contributed by atoms with van der Waals surface area (Å²) in [7, 11) is 0. The number of aromatic nitrogens is 1. The number of hydrogen-bond donors (Lipinski definition) is 0. The van der Waals surface area contributed by atoms with Crippen LogP contribution in [0.4, 0.5) is 0 Å². The Morgan fingerprint density at radius 1 is 1.20 bits per heavy atom. The minimum atomic E-state index is 0.181. The molecule has 0 spiro atoms. The van der Waals surface area contributed by atoms with E-state index < -0.39 is 0 Å². The Kier molecular flexibility index (Phi) is 3.65. The first kappa shape index (κ1) is 13.1. The van der Waals surface area contributed by atoms with Crippen LogP contribution in [-0.4, -0.2) is 46.9 Å². The van der Waals surface area contributed by atoms with Gasteiger partial charge in [-0.2, -0.15) is 0 Å². The number of carbonyl (C=O) groups excluding carboxylic acids is 1. The third kappa shape index (κ3) is 2.65. The number of rotatable bonds is 2. The lowest BCUT2D eigenvalue weighted by atomic mass is 10.1. The van der Waals surface area contributed by atoms with E-state index in [0.717, 1.165) is 32.7 Å². The van der Waals surface area contributed by atoms with Gasteiger partial charge >= 0.3 is 0 Å². The van der Waals surface area contributed by atoms with Gasteiger partial charge in [0, 0.05) is 57.4 Å². The maximum Gasteiger partial charge on any atom is 0.219 e. The van der Waals surface area contributed by atoms with Gasteiger partial charge in [-0.05, 0) is 17.0 Å². The first-order chi connectivity index (χ1) is 9.74. The van der Waals surface area contributed by atoms with Crippen molar-refractivity contribution in [2.24, 2.45) is 0 Å².